The van der Waals surface area contributed by atoms with Crippen molar-refractivity contribution in [1.82, 2.24) is 4.98 Å². The third kappa shape index (κ3) is 2.70. The van der Waals surface area contributed by atoms with E-state index in [1.165, 1.54) is 23.0 Å². The van der Waals surface area contributed by atoms with E-state index in [-0.39, 0.29) is 33.6 Å². The van der Waals surface area contributed by atoms with E-state index in [1.807, 2.05) is 0 Å². The number of rotatable bonds is 2. The molecule has 5 aromatic rings. The standard InChI is InChI=1S/C31H31N2O/c1-17(2)24-16-33(7)25(15-19(24)4)26-18(3)10-11-21-22-13-12-20-23-9-8-14-32-30(23)31(5,6)27(20)29(22)34-28(21)26/h8-17H,1-7H3/q+1/i1D3,4D3,5D3,6D3,17D. The molecular formula is C31H31N2O+. The molecule has 0 aliphatic heterocycles. The molecule has 0 spiro atoms. The zero-order valence-corrected chi connectivity index (χ0v) is 19.0. The monoisotopic (exact) mass is 460 g/mol. The Morgan fingerprint density at radius 2 is 1.88 bits per heavy atom. The molecule has 34 heavy (non-hydrogen) atoms. The third-order valence-electron chi connectivity index (χ3n) is 6.78. The van der Waals surface area contributed by atoms with Crippen LogP contribution < -0.4 is 4.57 Å². The summed E-state index contributed by atoms with van der Waals surface area (Å²) in [5, 5.41) is 0.992. The molecule has 0 amide bonds. The largest absolute Gasteiger partial charge is 0.455 e. The minimum Gasteiger partial charge on any atom is -0.455 e. The molecule has 3 heteroatoms. The number of nitrogens with zero attached hydrogens (tertiary/aromatic N) is 2. The fourth-order valence-electron chi connectivity index (χ4n) is 5.15. The first kappa shape index (κ1) is 11.3. The Balaban J connectivity index is 1.74. The molecule has 0 fully saturated rings. The Morgan fingerprint density at radius 3 is 2.68 bits per heavy atom. The van der Waals surface area contributed by atoms with Crippen molar-refractivity contribution in [2.75, 3.05) is 0 Å². The van der Waals surface area contributed by atoms with Crippen molar-refractivity contribution in [3.05, 3.63) is 82.8 Å². The van der Waals surface area contributed by atoms with Crippen molar-refractivity contribution < 1.29 is 26.8 Å². The summed E-state index contributed by atoms with van der Waals surface area (Å²) in [5.41, 5.74) is -0.599. The van der Waals surface area contributed by atoms with E-state index in [0.29, 0.717) is 38.7 Å². The Hall–Kier alpha value is -3.46. The van der Waals surface area contributed by atoms with Gasteiger partial charge >= 0.3 is 0 Å². The summed E-state index contributed by atoms with van der Waals surface area (Å²) in [7, 11) is 1.60. The average Bonchev–Trinajstić information content (AvgIpc) is 3.45. The van der Waals surface area contributed by atoms with Crippen LogP contribution in [-0.4, -0.2) is 4.98 Å². The van der Waals surface area contributed by atoms with Crippen LogP contribution in [0.15, 0.2) is 59.3 Å². The zero-order valence-electron chi connectivity index (χ0n) is 32.0. The van der Waals surface area contributed by atoms with Gasteiger partial charge in [0.2, 0.25) is 5.69 Å². The van der Waals surface area contributed by atoms with Gasteiger partial charge in [0, 0.05) is 63.0 Å². The molecule has 2 aromatic carbocycles. The number of aromatic nitrogens is 2. The van der Waals surface area contributed by atoms with Gasteiger partial charge in [0.15, 0.2) is 6.20 Å². The highest BCUT2D eigenvalue weighted by Crippen LogP contribution is 2.52. The summed E-state index contributed by atoms with van der Waals surface area (Å²) in [4.78, 5) is 4.32. The SMILES string of the molecule is [2H]C([2H])([2H])c1cc(-c2c(C)ccc3c2oc2c4c(ccc23)-c2cccnc2C4(C([2H])([2H])[2H])C([2H])([2H])[2H])[n+](C)cc1C([2H])(C)C([2H])([2H])[2H]. The topological polar surface area (TPSA) is 29.9 Å². The number of hydrogen-bond acceptors (Lipinski definition) is 2. The Bertz CT molecular complexity index is 2080. The molecular weight excluding hydrogens is 416 g/mol. The van der Waals surface area contributed by atoms with Crippen molar-refractivity contribution in [1.29, 1.82) is 0 Å². The molecule has 1 unspecified atom stereocenters. The van der Waals surface area contributed by atoms with E-state index >= 15 is 0 Å². The fourth-order valence-corrected chi connectivity index (χ4v) is 5.15. The lowest BCUT2D eigenvalue weighted by atomic mass is 9.84. The zero-order chi connectivity index (χ0) is 34.9. The maximum Gasteiger partial charge on any atom is 0.216 e. The molecule has 0 saturated heterocycles. The number of aryl methyl sites for hydroxylation is 3. The van der Waals surface area contributed by atoms with E-state index in [1.54, 1.807) is 50.4 Å². The molecule has 170 valence electrons. The summed E-state index contributed by atoms with van der Waals surface area (Å²) in [6.07, 6.45) is 2.71. The summed E-state index contributed by atoms with van der Waals surface area (Å²) >= 11 is 0. The molecule has 1 aliphatic rings. The van der Waals surface area contributed by atoms with Crippen molar-refractivity contribution in [2.45, 2.75) is 52.6 Å². The van der Waals surface area contributed by atoms with Gasteiger partial charge in [-0.3, -0.25) is 4.98 Å². The van der Waals surface area contributed by atoms with Crippen LogP contribution in [-0.2, 0) is 12.5 Å². The maximum atomic E-state index is 8.68. The molecule has 3 aromatic heterocycles. The summed E-state index contributed by atoms with van der Waals surface area (Å²) < 4.78 is 117. The van der Waals surface area contributed by atoms with E-state index in [9.17, 15) is 0 Å². The molecule has 0 saturated carbocycles. The number of fused-ring (bicyclic) bond motifs is 7. The maximum absolute atomic E-state index is 8.68. The first-order chi connectivity index (χ1) is 21.5. The smallest absolute Gasteiger partial charge is 0.216 e. The highest BCUT2D eigenvalue weighted by atomic mass is 16.3. The van der Waals surface area contributed by atoms with Crippen LogP contribution in [0.4, 0.5) is 0 Å². The van der Waals surface area contributed by atoms with Crippen LogP contribution in [0.1, 0.15) is 79.1 Å². The number of hydrogen-bond donors (Lipinski definition) is 0. The van der Waals surface area contributed by atoms with Gasteiger partial charge in [0.1, 0.15) is 18.2 Å². The molecule has 6 rings (SSSR count). The number of furan rings is 1. The van der Waals surface area contributed by atoms with Crippen molar-refractivity contribution in [2.24, 2.45) is 7.05 Å². The van der Waals surface area contributed by atoms with Crippen molar-refractivity contribution in [3.63, 3.8) is 0 Å². The first-order valence-corrected chi connectivity index (χ1v) is 11.0. The van der Waals surface area contributed by atoms with Gasteiger partial charge in [0.25, 0.3) is 0 Å². The molecule has 3 heterocycles. The van der Waals surface area contributed by atoms with Crippen LogP contribution >= 0.6 is 0 Å². The second-order valence-electron chi connectivity index (χ2n) is 8.97. The molecule has 1 aliphatic carbocycles. The lowest BCUT2D eigenvalue weighted by Crippen LogP contribution is -2.32. The molecule has 0 radical (unpaired) electrons. The van der Waals surface area contributed by atoms with Crippen molar-refractivity contribution in [3.8, 4) is 22.4 Å². The Labute approximate surface area is 219 Å². The lowest BCUT2D eigenvalue weighted by Gasteiger charge is -2.20. The van der Waals surface area contributed by atoms with Gasteiger partial charge in [-0.1, -0.05) is 38.0 Å². The minimum atomic E-state index is -3.07. The molecule has 1 atom stereocenters. The quantitative estimate of drug-likeness (QED) is 0.255. The van der Waals surface area contributed by atoms with Gasteiger partial charge in [-0.15, -0.1) is 0 Å². The predicted molar refractivity (Wildman–Crippen MR) is 139 cm³/mol. The fraction of sp³-hybridized carbons (Fsp3) is 0.290. The van der Waals surface area contributed by atoms with Crippen molar-refractivity contribution >= 4 is 21.9 Å². The van der Waals surface area contributed by atoms with E-state index in [2.05, 4.69) is 4.98 Å². The Kier molecular flexibility index (Phi) is 2.34. The van der Waals surface area contributed by atoms with Crippen LogP contribution in [0.25, 0.3) is 44.3 Å². The van der Waals surface area contributed by atoms with Crippen LogP contribution in [0.5, 0.6) is 0 Å². The van der Waals surface area contributed by atoms with Gasteiger partial charge in [0.05, 0.1) is 11.3 Å². The van der Waals surface area contributed by atoms with Gasteiger partial charge in [-0.05, 0) is 62.2 Å². The molecule has 3 nitrogen and oxygen atoms in total. The van der Waals surface area contributed by atoms with E-state index < -0.39 is 38.7 Å². The normalized spacial score (nSPS) is 23.1. The highest BCUT2D eigenvalue weighted by molar-refractivity contribution is 6.12. The van der Waals surface area contributed by atoms with Crippen LogP contribution in [0.3, 0.4) is 0 Å². The van der Waals surface area contributed by atoms with Gasteiger partial charge in [-0.2, -0.15) is 0 Å². The summed E-state index contributed by atoms with van der Waals surface area (Å²) in [5.74, 6) is -2.25. The average molecular weight is 461 g/mol. The molecule has 0 bridgehead atoms. The van der Waals surface area contributed by atoms with Crippen LogP contribution in [0.2, 0.25) is 0 Å². The second-order valence-corrected chi connectivity index (χ2v) is 8.97. The first-order valence-electron chi connectivity index (χ1n) is 17.5. The second kappa shape index (κ2) is 7.02. The Morgan fingerprint density at radius 1 is 1.06 bits per heavy atom. The lowest BCUT2D eigenvalue weighted by molar-refractivity contribution is -0.660. The highest BCUT2D eigenvalue weighted by Gasteiger charge is 2.40. The van der Waals surface area contributed by atoms with E-state index in [0.717, 1.165) is 6.92 Å². The van der Waals surface area contributed by atoms with E-state index in [4.69, 9.17) is 22.2 Å². The predicted octanol–water partition coefficient (Wildman–Crippen LogP) is 7.52. The summed E-state index contributed by atoms with van der Waals surface area (Å²) in [6, 6.07) is 11.6. The van der Waals surface area contributed by atoms with Crippen LogP contribution in [0, 0.1) is 13.8 Å². The molecule has 0 N–H and O–H groups in total. The summed E-state index contributed by atoms with van der Waals surface area (Å²) in [6.45, 7) is -8.81. The third-order valence-corrected chi connectivity index (χ3v) is 6.78. The minimum absolute atomic E-state index is 0.0194. The number of pyridine rings is 2. The van der Waals surface area contributed by atoms with Gasteiger partial charge < -0.3 is 4.42 Å². The number of benzene rings is 2. The van der Waals surface area contributed by atoms with Gasteiger partial charge in [-0.25, -0.2) is 4.57 Å².